The number of nitrogens with one attached hydrogen (secondary N) is 2. The number of hydrogen-bond acceptors (Lipinski definition) is 2. The second-order valence-electron chi connectivity index (χ2n) is 6.41. The highest BCUT2D eigenvalue weighted by molar-refractivity contribution is 5.82. The second-order valence-corrected chi connectivity index (χ2v) is 6.41. The monoisotopic (exact) mass is 282 g/mol. The first-order valence-corrected chi connectivity index (χ1v) is 7.86. The fourth-order valence-electron chi connectivity index (χ4n) is 3.17. The van der Waals surface area contributed by atoms with Crippen LogP contribution in [0.3, 0.4) is 0 Å². The van der Waals surface area contributed by atoms with Crippen molar-refractivity contribution in [2.24, 2.45) is 11.8 Å². The zero-order chi connectivity index (χ0) is 14.5. The van der Waals surface area contributed by atoms with Crippen LogP contribution in [-0.2, 0) is 4.79 Å². The number of rotatable bonds is 6. The van der Waals surface area contributed by atoms with Crippen LogP contribution in [0.4, 0.5) is 4.79 Å². The Bertz CT molecular complexity index is 349. The SMILES string of the molecule is CC(CC1CC1)NC(=O)NC(C(=O)O)C1CCCCC1. The lowest BCUT2D eigenvalue weighted by atomic mass is 9.84. The van der Waals surface area contributed by atoms with Crippen LogP contribution in [0.1, 0.15) is 58.3 Å². The Morgan fingerprint density at radius 2 is 1.75 bits per heavy atom. The molecule has 0 aromatic rings. The van der Waals surface area contributed by atoms with Gasteiger partial charge in [0.25, 0.3) is 0 Å². The molecule has 0 spiro atoms. The van der Waals surface area contributed by atoms with E-state index in [1.165, 1.54) is 19.3 Å². The van der Waals surface area contributed by atoms with Crippen molar-refractivity contribution in [2.75, 3.05) is 0 Å². The lowest BCUT2D eigenvalue weighted by molar-refractivity contribution is -0.141. The highest BCUT2D eigenvalue weighted by Crippen LogP contribution is 2.33. The number of carbonyl (C=O) groups is 2. The van der Waals surface area contributed by atoms with Gasteiger partial charge in [0.05, 0.1) is 0 Å². The van der Waals surface area contributed by atoms with E-state index in [1.807, 2.05) is 6.92 Å². The first-order chi connectivity index (χ1) is 9.56. The summed E-state index contributed by atoms with van der Waals surface area (Å²) in [6, 6.07) is -0.970. The number of carboxylic acid groups (broad SMARTS) is 1. The van der Waals surface area contributed by atoms with Gasteiger partial charge in [0.2, 0.25) is 0 Å². The van der Waals surface area contributed by atoms with Crippen LogP contribution in [0, 0.1) is 11.8 Å². The Hall–Kier alpha value is -1.26. The van der Waals surface area contributed by atoms with Gasteiger partial charge in [0.15, 0.2) is 0 Å². The maximum absolute atomic E-state index is 11.9. The van der Waals surface area contributed by atoms with Gasteiger partial charge in [-0.3, -0.25) is 0 Å². The molecule has 2 unspecified atom stereocenters. The summed E-state index contributed by atoms with van der Waals surface area (Å²) in [6.45, 7) is 1.98. The van der Waals surface area contributed by atoms with E-state index in [9.17, 15) is 14.7 Å². The minimum absolute atomic E-state index is 0.0748. The van der Waals surface area contributed by atoms with Crippen LogP contribution in [0.25, 0.3) is 0 Å². The summed E-state index contributed by atoms with van der Waals surface area (Å²) in [4.78, 5) is 23.3. The molecule has 20 heavy (non-hydrogen) atoms. The van der Waals surface area contributed by atoms with Crippen LogP contribution < -0.4 is 10.6 Å². The third kappa shape index (κ3) is 4.69. The van der Waals surface area contributed by atoms with Gasteiger partial charge in [-0.15, -0.1) is 0 Å². The molecule has 2 rings (SSSR count). The zero-order valence-corrected chi connectivity index (χ0v) is 12.2. The largest absolute Gasteiger partial charge is 0.480 e. The highest BCUT2D eigenvalue weighted by atomic mass is 16.4. The molecular weight excluding hydrogens is 256 g/mol. The Morgan fingerprint density at radius 3 is 2.30 bits per heavy atom. The van der Waals surface area contributed by atoms with Gasteiger partial charge in [-0.05, 0) is 38.0 Å². The van der Waals surface area contributed by atoms with Gasteiger partial charge < -0.3 is 15.7 Å². The molecule has 0 aromatic carbocycles. The summed E-state index contributed by atoms with van der Waals surface area (Å²) in [5.41, 5.74) is 0. The number of amides is 2. The molecule has 2 atom stereocenters. The maximum Gasteiger partial charge on any atom is 0.326 e. The number of hydrogen-bond donors (Lipinski definition) is 3. The van der Waals surface area contributed by atoms with Crippen LogP contribution in [0.15, 0.2) is 0 Å². The predicted molar refractivity (Wildman–Crippen MR) is 76.5 cm³/mol. The van der Waals surface area contributed by atoms with Crippen LogP contribution in [-0.4, -0.2) is 29.2 Å². The van der Waals surface area contributed by atoms with E-state index in [2.05, 4.69) is 10.6 Å². The zero-order valence-electron chi connectivity index (χ0n) is 12.2. The third-order valence-electron chi connectivity index (χ3n) is 4.44. The number of urea groups is 1. The molecule has 3 N–H and O–H groups in total. The average Bonchev–Trinajstić information content (AvgIpc) is 3.20. The molecule has 2 aliphatic carbocycles. The topological polar surface area (TPSA) is 78.4 Å². The molecule has 0 aliphatic heterocycles. The van der Waals surface area contributed by atoms with Crippen molar-refractivity contribution in [3.8, 4) is 0 Å². The van der Waals surface area contributed by atoms with Crippen molar-refractivity contribution >= 4 is 12.0 Å². The molecule has 2 aliphatic rings. The first kappa shape index (κ1) is 15.1. The minimum Gasteiger partial charge on any atom is -0.480 e. The fourth-order valence-corrected chi connectivity index (χ4v) is 3.17. The van der Waals surface area contributed by atoms with E-state index >= 15 is 0 Å². The van der Waals surface area contributed by atoms with Gasteiger partial charge in [-0.1, -0.05) is 32.1 Å². The lowest BCUT2D eigenvalue weighted by Gasteiger charge is -2.28. The molecule has 0 heterocycles. The molecular formula is C15H26N2O3. The molecule has 114 valence electrons. The predicted octanol–water partition coefficient (Wildman–Crippen LogP) is 2.51. The van der Waals surface area contributed by atoms with Crippen molar-refractivity contribution in [1.29, 1.82) is 0 Å². The van der Waals surface area contributed by atoms with Crippen molar-refractivity contribution in [2.45, 2.75) is 70.4 Å². The molecule has 2 fully saturated rings. The first-order valence-electron chi connectivity index (χ1n) is 7.86. The van der Waals surface area contributed by atoms with Gasteiger partial charge >= 0.3 is 12.0 Å². The maximum atomic E-state index is 11.9. The summed E-state index contributed by atoms with van der Waals surface area (Å²) in [5.74, 6) is -0.0912. The van der Waals surface area contributed by atoms with Gasteiger partial charge in [-0.25, -0.2) is 9.59 Å². The molecule has 5 nitrogen and oxygen atoms in total. The van der Waals surface area contributed by atoms with E-state index in [4.69, 9.17) is 0 Å². The van der Waals surface area contributed by atoms with Gasteiger partial charge in [-0.2, -0.15) is 0 Å². The lowest BCUT2D eigenvalue weighted by Crippen LogP contribution is -2.51. The third-order valence-corrected chi connectivity index (χ3v) is 4.44. The number of aliphatic carboxylic acids is 1. The Labute approximate surface area is 120 Å². The summed E-state index contributed by atoms with van der Waals surface area (Å²) in [7, 11) is 0. The summed E-state index contributed by atoms with van der Waals surface area (Å²) >= 11 is 0. The normalized spacial score (nSPS) is 22.9. The molecule has 0 saturated heterocycles. The number of carbonyl (C=O) groups excluding carboxylic acids is 1. The quantitative estimate of drug-likeness (QED) is 0.700. The van der Waals surface area contributed by atoms with E-state index in [-0.39, 0.29) is 18.0 Å². The second kappa shape index (κ2) is 6.95. The van der Waals surface area contributed by atoms with Crippen LogP contribution in [0.5, 0.6) is 0 Å². The van der Waals surface area contributed by atoms with Gasteiger partial charge in [0.1, 0.15) is 6.04 Å². The Balaban J connectivity index is 1.79. The van der Waals surface area contributed by atoms with Crippen LogP contribution in [0.2, 0.25) is 0 Å². The van der Waals surface area contributed by atoms with E-state index in [0.29, 0.717) is 0 Å². The smallest absolute Gasteiger partial charge is 0.326 e. The molecule has 5 heteroatoms. The highest BCUT2D eigenvalue weighted by Gasteiger charge is 2.31. The Morgan fingerprint density at radius 1 is 1.10 bits per heavy atom. The fraction of sp³-hybridized carbons (Fsp3) is 0.867. The van der Waals surface area contributed by atoms with Gasteiger partial charge in [0, 0.05) is 6.04 Å². The standard InChI is InChI=1S/C15H26N2O3/c1-10(9-11-7-8-11)16-15(20)17-13(14(18)19)12-5-3-2-4-6-12/h10-13H,2-9H2,1H3,(H,18,19)(H2,16,17,20). The van der Waals surface area contributed by atoms with Crippen molar-refractivity contribution in [3.05, 3.63) is 0 Å². The van der Waals surface area contributed by atoms with Crippen LogP contribution >= 0.6 is 0 Å². The molecule has 0 bridgehead atoms. The Kier molecular flexibility index (Phi) is 5.26. The average molecular weight is 282 g/mol. The van der Waals surface area contributed by atoms with Crippen molar-refractivity contribution < 1.29 is 14.7 Å². The summed E-state index contributed by atoms with van der Waals surface area (Å²) < 4.78 is 0. The molecule has 2 amide bonds. The molecule has 0 radical (unpaired) electrons. The molecule has 2 saturated carbocycles. The minimum atomic E-state index is -0.915. The number of carboxylic acids is 1. The van der Waals surface area contributed by atoms with E-state index in [0.717, 1.165) is 38.0 Å². The van der Waals surface area contributed by atoms with Crippen molar-refractivity contribution in [1.82, 2.24) is 10.6 Å². The van der Waals surface area contributed by atoms with E-state index < -0.39 is 12.0 Å². The summed E-state index contributed by atoms with van der Waals surface area (Å²) in [6.07, 6.45) is 8.61. The van der Waals surface area contributed by atoms with E-state index in [1.54, 1.807) is 0 Å². The summed E-state index contributed by atoms with van der Waals surface area (Å²) in [5, 5.41) is 14.8. The van der Waals surface area contributed by atoms with Crippen molar-refractivity contribution in [3.63, 3.8) is 0 Å². The molecule has 0 aromatic heterocycles.